The van der Waals surface area contributed by atoms with E-state index >= 15 is 0 Å². The van der Waals surface area contributed by atoms with Crippen LogP contribution in [0, 0.1) is 24.7 Å². The SMILES string of the molecule is Cc1ccc2c(c1C(=O)CC1CC1C)C(=O)C(=O)C(C(C)C)=C2. The second kappa shape index (κ2) is 5.55. The number of ketones is 3. The Balaban J connectivity index is 2.09. The molecule has 1 aromatic carbocycles. The minimum atomic E-state index is -0.526. The zero-order valence-corrected chi connectivity index (χ0v) is 14.1. The van der Waals surface area contributed by atoms with Crippen molar-refractivity contribution in [2.45, 2.75) is 40.5 Å². The van der Waals surface area contributed by atoms with E-state index in [0.29, 0.717) is 40.5 Å². The maximum atomic E-state index is 12.7. The van der Waals surface area contributed by atoms with Crippen molar-refractivity contribution in [2.75, 3.05) is 0 Å². The molecule has 1 saturated carbocycles. The highest BCUT2D eigenvalue weighted by Crippen LogP contribution is 2.42. The molecule has 1 aromatic rings. The van der Waals surface area contributed by atoms with Crippen LogP contribution in [-0.4, -0.2) is 17.3 Å². The van der Waals surface area contributed by atoms with E-state index in [1.165, 1.54) is 0 Å². The van der Waals surface area contributed by atoms with E-state index in [9.17, 15) is 14.4 Å². The maximum Gasteiger partial charge on any atom is 0.234 e. The summed E-state index contributed by atoms with van der Waals surface area (Å²) in [5.74, 6) is 0.00938. The summed E-state index contributed by atoms with van der Waals surface area (Å²) < 4.78 is 0. The molecule has 1 fully saturated rings. The lowest BCUT2D eigenvalue weighted by Gasteiger charge is -2.20. The summed E-state index contributed by atoms with van der Waals surface area (Å²) in [7, 11) is 0. The third kappa shape index (κ3) is 2.69. The predicted octanol–water partition coefficient (Wildman–Crippen LogP) is 4.03. The van der Waals surface area contributed by atoms with Gasteiger partial charge in [0.15, 0.2) is 5.78 Å². The first-order chi connectivity index (χ1) is 10.8. The highest BCUT2D eigenvalue weighted by Gasteiger charge is 2.37. The van der Waals surface area contributed by atoms with Gasteiger partial charge in [0.2, 0.25) is 11.6 Å². The molecule has 0 radical (unpaired) electrons. The van der Waals surface area contributed by atoms with E-state index in [1.54, 1.807) is 6.08 Å². The molecule has 0 aromatic heterocycles. The Morgan fingerprint density at radius 2 is 1.87 bits per heavy atom. The van der Waals surface area contributed by atoms with Gasteiger partial charge in [-0.2, -0.15) is 0 Å². The van der Waals surface area contributed by atoms with Gasteiger partial charge in [0.05, 0.1) is 0 Å². The smallest absolute Gasteiger partial charge is 0.234 e. The van der Waals surface area contributed by atoms with Gasteiger partial charge in [-0.25, -0.2) is 0 Å². The molecular weight excluding hydrogens is 288 g/mol. The first kappa shape index (κ1) is 15.9. The minimum absolute atomic E-state index is 0.00348. The Morgan fingerprint density at radius 3 is 2.43 bits per heavy atom. The van der Waals surface area contributed by atoms with Gasteiger partial charge in [-0.3, -0.25) is 14.4 Å². The molecule has 0 N–H and O–H groups in total. The van der Waals surface area contributed by atoms with E-state index in [2.05, 4.69) is 6.92 Å². The van der Waals surface area contributed by atoms with Crippen LogP contribution >= 0.6 is 0 Å². The second-order valence-electron chi connectivity index (χ2n) is 7.23. The molecule has 0 heterocycles. The Labute approximate surface area is 136 Å². The number of carbonyl (C=O) groups is 3. The fourth-order valence-corrected chi connectivity index (χ4v) is 3.38. The van der Waals surface area contributed by atoms with Crippen LogP contribution in [0.2, 0.25) is 0 Å². The van der Waals surface area contributed by atoms with Crippen molar-refractivity contribution in [3.8, 4) is 0 Å². The zero-order chi connectivity index (χ0) is 16.9. The molecule has 0 spiro atoms. The Morgan fingerprint density at radius 1 is 1.22 bits per heavy atom. The molecular formula is C20H22O3. The van der Waals surface area contributed by atoms with Crippen molar-refractivity contribution in [1.29, 1.82) is 0 Å². The quantitative estimate of drug-likeness (QED) is 0.623. The lowest BCUT2D eigenvalue weighted by Crippen LogP contribution is -2.27. The van der Waals surface area contributed by atoms with Crippen molar-refractivity contribution in [3.05, 3.63) is 40.0 Å². The molecule has 2 unspecified atom stereocenters. The highest BCUT2D eigenvalue weighted by atomic mass is 16.2. The van der Waals surface area contributed by atoms with Crippen LogP contribution in [0.15, 0.2) is 17.7 Å². The number of rotatable bonds is 4. The van der Waals surface area contributed by atoms with Crippen molar-refractivity contribution >= 4 is 23.4 Å². The number of allylic oxidation sites excluding steroid dienone is 1. The van der Waals surface area contributed by atoms with Crippen molar-refractivity contribution < 1.29 is 14.4 Å². The maximum absolute atomic E-state index is 12.7. The van der Waals surface area contributed by atoms with Gasteiger partial charge in [-0.05, 0) is 48.3 Å². The van der Waals surface area contributed by atoms with E-state index in [-0.39, 0.29) is 11.7 Å². The monoisotopic (exact) mass is 310 g/mol. The van der Waals surface area contributed by atoms with Crippen LogP contribution in [0.4, 0.5) is 0 Å². The van der Waals surface area contributed by atoms with Crippen LogP contribution in [0.3, 0.4) is 0 Å². The molecule has 2 atom stereocenters. The fourth-order valence-electron chi connectivity index (χ4n) is 3.38. The molecule has 0 bridgehead atoms. The number of benzene rings is 1. The summed E-state index contributed by atoms with van der Waals surface area (Å²) in [4.78, 5) is 37.7. The molecule has 0 aliphatic heterocycles. The second-order valence-corrected chi connectivity index (χ2v) is 7.23. The lowest BCUT2D eigenvalue weighted by molar-refractivity contribution is -0.112. The summed E-state index contributed by atoms with van der Waals surface area (Å²) in [6, 6.07) is 3.72. The first-order valence-corrected chi connectivity index (χ1v) is 8.28. The first-order valence-electron chi connectivity index (χ1n) is 8.28. The third-order valence-electron chi connectivity index (χ3n) is 5.08. The van der Waals surface area contributed by atoms with E-state index < -0.39 is 11.6 Å². The Hall–Kier alpha value is -2.03. The predicted molar refractivity (Wildman–Crippen MR) is 89.6 cm³/mol. The largest absolute Gasteiger partial charge is 0.294 e. The Bertz CT molecular complexity index is 752. The molecule has 3 nitrogen and oxygen atoms in total. The minimum Gasteiger partial charge on any atom is -0.294 e. The molecule has 2 aliphatic rings. The van der Waals surface area contributed by atoms with Gasteiger partial charge in [0.1, 0.15) is 0 Å². The molecule has 120 valence electrons. The average molecular weight is 310 g/mol. The van der Waals surface area contributed by atoms with E-state index in [0.717, 1.165) is 12.0 Å². The number of hydrogen-bond donors (Lipinski definition) is 0. The van der Waals surface area contributed by atoms with Crippen LogP contribution in [0.25, 0.3) is 6.08 Å². The topological polar surface area (TPSA) is 51.2 Å². The summed E-state index contributed by atoms with van der Waals surface area (Å²) >= 11 is 0. The van der Waals surface area contributed by atoms with Crippen molar-refractivity contribution in [2.24, 2.45) is 17.8 Å². The summed E-state index contributed by atoms with van der Waals surface area (Å²) in [5, 5.41) is 0. The van der Waals surface area contributed by atoms with E-state index in [4.69, 9.17) is 0 Å². The third-order valence-corrected chi connectivity index (χ3v) is 5.08. The van der Waals surface area contributed by atoms with Crippen LogP contribution in [0.1, 0.15) is 65.5 Å². The molecule has 3 rings (SSSR count). The van der Waals surface area contributed by atoms with Crippen LogP contribution < -0.4 is 0 Å². The van der Waals surface area contributed by atoms with Gasteiger partial charge in [-0.1, -0.05) is 32.9 Å². The van der Waals surface area contributed by atoms with Gasteiger partial charge < -0.3 is 0 Å². The van der Waals surface area contributed by atoms with Crippen LogP contribution in [0.5, 0.6) is 0 Å². The van der Waals surface area contributed by atoms with Gasteiger partial charge in [-0.15, -0.1) is 0 Å². The molecule has 0 amide bonds. The van der Waals surface area contributed by atoms with E-state index in [1.807, 2.05) is 32.9 Å². The average Bonchev–Trinajstić information content (AvgIpc) is 3.17. The van der Waals surface area contributed by atoms with Gasteiger partial charge in [0, 0.05) is 23.1 Å². The zero-order valence-electron chi connectivity index (χ0n) is 14.1. The summed E-state index contributed by atoms with van der Waals surface area (Å²) in [6.45, 7) is 7.77. The number of carbonyl (C=O) groups excluding carboxylic acids is 3. The van der Waals surface area contributed by atoms with Crippen molar-refractivity contribution in [3.63, 3.8) is 0 Å². The number of Topliss-reactive ketones (excluding diaryl/α,β-unsaturated/α-hetero) is 3. The molecule has 0 saturated heterocycles. The molecule has 3 heteroatoms. The van der Waals surface area contributed by atoms with Gasteiger partial charge in [0.25, 0.3) is 0 Å². The number of fused-ring (bicyclic) bond motifs is 1. The highest BCUT2D eigenvalue weighted by molar-refractivity contribution is 6.52. The standard InChI is InChI=1S/C20H22O3/c1-10(2)15-8-13-6-5-11(3)17(18(13)20(23)19(15)22)16(21)9-14-7-12(14)4/h5-6,8,10,12,14H,7,9H2,1-4H3. The number of hydrogen-bond acceptors (Lipinski definition) is 3. The van der Waals surface area contributed by atoms with Crippen LogP contribution in [-0.2, 0) is 4.79 Å². The molecule has 23 heavy (non-hydrogen) atoms. The Kier molecular flexibility index (Phi) is 3.83. The van der Waals surface area contributed by atoms with Crippen molar-refractivity contribution in [1.82, 2.24) is 0 Å². The fraction of sp³-hybridized carbons (Fsp3) is 0.450. The lowest BCUT2D eigenvalue weighted by atomic mass is 9.80. The van der Waals surface area contributed by atoms with Gasteiger partial charge >= 0.3 is 0 Å². The number of aryl methyl sites for hydroxylation is 1. The normalized spacial score (nSPS) is 22.9. The summed E-state index contributed by atoms with van der Waals surface area (Å²) in [5.41, 5.74) is 2.79. The molecule has 2 aliphatic carbocycles. The summed E-state index contributed by atoms with van der Waals surface area (Å²) in [6.07, 6.45) is 3.32.